The summed E-state index contributed by atoms with van der Waals surface area (Å²) in [4.78, 5) is 9.12. The van der Waals surface area contributed by atoms with Crippen molar-refractivity contribution in [1.29, 1.82) is 0 Å². The molecular formula is C13H22IN3O. The lowest BCUT2D eigenvalue weighted by Crippen LogP contribution is -2.11. The number of anilines is 1. The highest BCUT2D eigenvalue weighted by Crippen LogP contribution is 2.20. The third-order valence-electron chi connectivity index (χ3n) is 2.43. The summed E-state index contributed by atoms with van der Waals surface area (Å²) >= 11 is 2.33. The third kappa shape index (κ3) is 4.68. The minimum atomic E-state index is 0.491. The van der Waals surface area contributed by atoms with Gasteiger partial charge in [0.25, 0.3) is 0 Å². The number of ether oxygens (including phenoxy) is 1. The van der Waals surface area contributed by atoms with E-state index in [2.05, 4.69) is 51.7 Å². The number of hydrogen-bond donors (Lipinski definition) is 1. The van der Waals surface area contributed by atoms with Crippen molar-refractivity contribution in [2.24, 2.45) is 0 Å². The number of nitrogens with zero attached hydrogens (tertiary/aromatic N) is 2. The van der Waals surface area contributed by atoms with Crippen LogP contribution in [0.3, 0.4) is 0 Å². The molecule has 0 spiro atoms. The lowest BCUT2D eigenvalue weighted by atomic mass is 10.2. The number of aromatic nitrogens is 2. The maximum absolute atomic E-state index is 5.40. The molecule has 0 aliphatic carbocycles. The van der Waals surface area contributed by atoms with E-state index in [0.717, 1.165) is 46.7 Å². The number of hydrogen-bond acceptors (Lipinski definition) is 4. The largest absolute Gasteiger partial charge is 0.374 e. The van der Waals surface area contributed by atoms with Crippen LogP contribution in [0, 0.1) is 3.57 Å². The average molecular weight is 363 g/mol. The monoisotopic (exact) mass is 363 g/mol. The third-order valence-corrected chi connectivity index (χ3v) is 3.56. The predicted octanol–water partition coefficient (Wildman–Crippen LogP) is 3.39. The fourth-order valence-electron chi connectivity index (χ4n) is 1.57. The lowest BCUT2D eigenvalue weighted by Gasteiger charge is -2.12. The highest BCUT2D eigenvalue weighted by atomic mass is 127. The number of halogens is 1. The van der Waals surface area contributed by atoms with E-state index in [4.69, 9.17) is 4.74 Å². The molecule has 0 radical (unpaired) electrons. The van der Waals surface area contributed by atoms with Gasteiger partial charge in [0.15, 0.2) is 5.82 Å². The van der Waals surface area contributed by atoms with E-state index in [1.807, 2.05) is 6.92 Å². The van der Waals surface area contributed by atoms with Crippen molar-refractivity contribution in [3.8, 4) is 0 Å². The van der Waals surface area contributed by atoms with Crippen molar-refractivity contribution in [1.82, 2.24) is 9.97 Å². The van der Waals surface area contributed by atoms with Crippen LogP contribution in [0.4, 0.5) is 5.82 Å². The first-order valence-corrected chi connectivity index (χ1v) is 7.67. The minimum Gasteiger partial charge on any atom is -0.374 e. The molecule has 0 saturated carbocycles. The summed E-state index contributed by atoms with van der Waals surface area (Å²) < 4.78 is 6.54. The second-order valence-corrected chi connectivity index (χ2v) is 5.14. The van der Waals surface area contributed by atoms with E-state index >= 15 is 0 Å². The molecule has 102 valence electrons. The van der Waals surface area contributed by atoms with E-state index in [-0.39, 0.29) is 0 Å². The molecule has 1 heterocycles. The maximum atomic E-state index is 5.40. The smallest absolute Gasteiger partial charge is 0.156 e. The van der Waals surface area contributed by atoms with Gasteiger partial charge in [-0.25, -0.2) is 9.97 Å². The van der Waals surface area contributed by atoms with Gasteiger partial charge in [0.2, 0.25) is 0 Å². The molecule has 0 unspecified atom stereocenters. The molecule has 18 heavy (non-hydrogen) atoms. The second kappa shape index (κ2) is 8.63. The van der Waals surface area contributed by atoms with Crippen LogP contribution in [0.15, 0.2) is 0 Å². The number of rotatable bonds is 8. The van der Waals surface area contributed by atoms with Crippen LogP contribution in [0.25, 0.3) is 0 Å². The maximum Gasteiger partial charge on any atom is 0.156 e. The van der Waals surface area contributed by atoms with Gasteiger partial charge in [0, 0.05) is 13.2 Å². The molecule has 1 aromatic rings. The average Bonchev–Trinajstić information content (AvgIpc) is 2.38. The quantitative estimate of drug-likeness (QED) is 0.720. The van der Waals surface area contributed by atoms with Gasteiger partial charge < -0.3 is 10.1 Å². The van der Waals surface area contributed by atoms with Gasteiger partial charge in [-0.05, 0) is 42.4 Å². The van der Waals surface area contributed by atoms with Gasteiger partial charge in [-0.15, -0.1) is 0 Å². The molecule has 0 bridgehead atoms. The Labute approximate surface area is 123 Å². The fourth-order valence-corrected chi connectivity index (χ4v) is 2.27. The fraction of sp³-hybridized carbons (Fsp3) is 0.692. The molecule has 0 aliphatic heterocycles. The van der Waals surface area contributed by atoms with Crippen molar-refractivity contribution in [3.63, 3.8) is 0 Å². The molecule has 0 aliphatic rings. The molecule has 1 rings (SSSR count). The van der Waals surface area contributed by atoms with E-state index in [0.29, 0.717) is 13.2 Å². The van der Waals surface area contributed by atoms with Gasteiger partial charge in [0.05, 0.1) is 9.26 Å². The Morgan fingerprint density at radius 3 is 2.56 bits per heavy atom. The Kier molecular flexibility index (Phi) is 7.50. The first-order valence-electron chi connectivity index (χ1n) is 6.59. The summed E-state index contributed by atoms with van der Waals surface area (Å²) in [5, 5.41) is 3.36. The minimum absolute atomic E-state index is 0.491. The molecule has 0 fully saturated rings. The van der Waals surface area contributed by atoms with Crippen molar-refractivity contribution < 1.29 is 4.74 Å². The Balaban J connectivity index is 2.94. The Morgan fingerprint density at radius 2 is 1.94 bits per heavy atom. The Hall–Kier alpha value is -0.430. The van der Waals surface area contributed by atoms with Crippen LogP contribution in [0.2, 0.25) is 0 Å². The standard InChI is InChI=1S/C13H22IN3O/c1-4-7-10-12(14)13(15-8-5-2)17-11(16-10)9-18-6-3/h4-9H2,1-3H3,(H,15,16,17). The van der Waals surface area contributed by atoms with Crippen molar-refractivity contribution >= 4 is 28.4 Å². The topological polar surface area (TPSA) is 47.0 Å². The number of nitrogens with one attached hydrogen (secondary N) is 1. The van der Waals surface area contributed by atoms with Crippen LogP contribution in [0.5, 0.6) is 0 Å². The Bertz CT molecular complexity index is 371. The van der Waals surface area contributed by atoms with Crippen LogP contribution >= 0.6 is 22.6 Å². The number of aryl methyl sites for hydroxylation is 1. The highest BCUT2D eigenvalue weighted by Gasteiger charge is 2.11. The molecule has 1 aromatic heterocycles. The summed E-state index contributed by atoms with van der Waals surface area (Å²) in [5.41, 5.74) is 1.13. The zero-order valence-corrected chi connectivity index (χ0v) is 13.6. The van der Waals surface area contributed by atoms with E-state index in [1.165, 1.54) is 0 Å². The summed E-state index contributed by atoms with van der Waals surface area (Å²) in [6.07, 6.45) is 3.17. The second-order valence-electron chi connectivity index (χ2n) is 4.06. The van der Waals surface area contributed by atoms with Gasteiger partial charge in [-0.2, -0.15) is 0 Å². The molecule has 0 aromatic carbocycles. The normalized spacial score (nSPS) is 10.7. The van der Waals surface area contributed by atoms with Crippen LogP contribution in [-0.2, 0) is 17.8 Å². The van der Waals surface area contributed by atoms with Crippen LogP contribution in [-0.4, -0.2) is 23.1 Å². The summed E-state index contributed by atoms with van der Waals surface area (Å²) in [5.74, 6) is 1.73. The molecule has 0 amide bonds. The van der Waals surface area contributed by atoms with Crippen molar-refractivity contribution in [2.45, 2.75) is 46.6 Å². The summed E-state index contributed by atoms with van der Waals surface area (Å²) in [6.45, 7) is 8.42. The molecule has 0 saturated heterocycles. The van der Waals surface area contributed by atoms with E-state index < -0.39 is 0 Å². The van der Waals surface area contributed by atoms with Crippen molar-refractivity contribution in [3.05, 3.63) is 15.1 Å². The van der Waals surface area contributed by atoms with Gasteiger partial charge >= 0.3 is 0 Å². The highest BCUT2D eigenvalue weighted by molar-refractivity contribution is 14.1. The first-order chi connectivity index (χ1) is 8.72. The van der Waals surface area contributed by atoms with E-state index in [1.54, 1.807) is 0 Å². The SMILES string of the molecule is CCCNc1nc(COCC)nc(CCC)c1I. The predicted molar refractivity (Wildman–Crippen MR) is 82.9 cm³/mol. The molecule has 0 atom stereocenters. The first kappa shape index (κ1) is 15.6. The van der Waals surface area contributed by atoms with E-state index in [9.17, 15) is 0 Å². The zero-order valence-electron chi connectivity index (χ0n) is 11.4. The molecular weight excluding hydrogens is 341 g/mol. The van der Waals surface area contributed by atoms with Crippen LogP contribution < -0.4 is 5.32 Å². The molecule has 5 heteroatoms. The van der Waals surface area contributed by atoms with Gasteiger partial charge in [-0.1, -0.05) is 20.3 Å². The molecule has 4 nitrogen and oxygen atoms in total. The lowest BCUT2D eigenvalue weighted by molar-refractivity contribution is 0.128. The Morgan fingerprint density at radius 1 is 1.17 bits per heavy atom. The zero-order chi connectivity index (χ0) is 13.4. The van der Waals surface area contributed by atoms with Crippen LogP contribution in [0.1, 0.15) is 45.1 Å². The van der Waals surface area contributed by atoms with Gasteiger partial charge in [-0.3, -0.25) is 0 Å². The van der Waals surface area contributed by atoms with Gasteiger partial charge in [0.1, 0.15) is 12.4 Å². The van der Waals surface area contributed by atoms with Crippen molar-refractivity contribution in [2.75, 3.05) is 18.5 Å². The molecule has 1 N–H and O–H groups in total. The summed E-state index contributed by atoms with van der Waals surface area (Å²) in [7, 11) is 0. The summed E-state index contributed by atoms with van der Waals surface area (Å²) in [6, 6.07) is 0.